The van der Waals surface area contributed by atoms with Gasteiger partial charge in [-0.15, -0.1) is 16.9 Å². The fourth-order valence-corrected chi connectivity index (χ4v) is 5.87. The van der Waals surface area contributed by atoms with E-state index in [4.69, 9.17) is 4.74 Å². The average molecular weight is 535 g/mol. The minimum absolute atomic E-state index is 0.0210. The Morgan fingerprint density at radius 2 is 2.03 bits per heavy atom. The number of rotatable bonds is 9. The van der Waals surface area contributed by atoms with Crippen molar-refractivity contribution in [1.82, 2.24) is 30.4 Å². The molecule has 0 saturated carbocycles. The zero-order chi connectivity index (χ0) is 25.8. The lowest BCUT2D eigenvalue weighted by atomic mass is 10.0. The van der Waals surface area contributed by atoms with Crippen molar-refractivity contribution >= 4 is 47.3 Å². The molecule has 1 saturated heterocycles. The van der Waals surface area contributed by atoms with E-state index in [1.165, 1.54) is 40.0 Å². The highest BCUT2D eigenvalue weighted by Crippen LogP contribution is 2.42. The number of aliphatic hydroxyl groups excluding tert-OH is 1. The van der Waals surface area contributed by atoms with Gasteiger partial charge in [0, 0.05) is 25.5 Å². The molecule has 0 bridgehead atoms. The minimum Gasteiger partial charge on any atom is -0.428 e. The molecule has 2 N–H and O–H groups in total. The summed E-state index contributed by atoms with van der Waals surface area (Å²) in [6.45, 7) is 0.571. The molecular formula is C21H22N6O7S2. The number of hydrogen-bond acceptors (Lipinski definition) is 12. The average Bonchev–Trinajstić information content (AvgIpc) is 3.29. The van der Waals surface area contributed by atoms with Crippen molar-refractivity contribution in [2.45, 2.75) is 29.6 Å². The molecule has 1 unspecified atom stereocenters. The molecule has 15 heteroatoms. The number of ether oxygens (including phenoxy) is 2. The predicted molar refractivity (Wildman–Crippen MR) is 126 cm³/mol. The number of carbonyl (C=O) groups is 4. The number of aliphatic hydroxyl groups is 1. The Hall–Kier alpha value is -3.43. The molecule has 2 amide bonds. The van der Waals surface area contributed by atoms with Crippen LogP contribution < -0.4 is 5.32 Å². The second kappa shape index (κ2) is 11.1. The number of tetrazole rings is 1. The maximum absolute atomic E-state index is 13.1. The van der Waals surface area contributed by atoms with Gasteiger partial charge in [-0.2, -0.15) is 0 Å². The van der Waals surface area contributed by atoms with E-state index in [1.807, 2.05) is 0 Å². The van der Waals surface area contributed by atoms with E-state index in [9.17, 15) is 24.3 Å². The van der Waals surface area contributed by atoms with E-state index in [2.05, 4.69) is 25.6 Å². The number of esters is 2. The lowest BCUT2D eigenvalue weighted by Gasteiger charge is -2.49. The summed E-state index contributed by atoms with van der Waals surface area (Å²) in [7, 11) is 1.67. The number of amides is 2. The van der Waals surface area contributed by atoms with Crippen LogP contribution in [0.5, 0.6) is 0 Å². The van der Waals surface area contributed by atoms with Crippen LogP contribution in [0.15, 0.2) is 46.8 Å². The standard InChI is InChI=1S/C21H22N6O7S2/c1-11(28)33-10-34-20(32)15-13(9-36-21-23-24-25-26(21)2)8-35-19-14(18(31)27(15)19)22-17(30)16(29)12-6-4-3-5-7-12/h3-7,14,16,19,29H,8-10H2,1-2H3,(H,22,30)/t14?,16-,19-/m1/s1. The van der Waals surface area contributed by atoms with Gasteiger partial charge in [-0.25, -0.2) is 9.48 Å². The van der Waals surface area contributed by atoms with Crippen LogP contribution in [-0.2, 0) is 35.7 Å². The number of nitrogens with one attached hydrogen (secondary N) is 1. The van der Waals surface area contributed by atoms with Crippen molar-refractivity contribution in [3.63, 3.8) is 0 Å². The summed E-state index contributed by atoms with van der Waals surface area (Å²) >= 11 is 2.63. The van der Waals surface area contributed by atoms with Gasteiger partial charge in [0.1, 0.15) is 17.1 Å². The van der Waals surface area contributed by atoms with Crippen LogP contribution >= 0.6 is 23.5 Å². The summed E-state index contributed by atoms with van der Waals surface area (Å²) in [5.41, 5.74) is 1.01. The lowest BCUT2D eigenvalue weighted by Crippen LogP contribution is -2.71. The second-order valence-electron chi connectivity index (χ2n) is 7.72. The van der Waals surface area contributed by atoms with Gasteiger partial charge < -0.3 is 19.9 Å². The first-order chi connectivity index (χ1) is 17.3. The van der Waals surface area contributed by atoms with Gasteiger partial charge in [-0.1, -0.05) is 42.1 Å². The third-order valence-electron chi connectivity index (χ3n) is 5.31. The zero-order valence-electron chi connectivity index (χ0n) is 19.2. The molecule has 2 aromatic rings. The molecule has 36 heavy (non-hydrogen) atoms. The SMILES string of the molecule is CC(=O)OCOC(=O)C1=C(CSc2nnnn2C)CS[C@@H]2C(NC(=O)[C@H](O)c3ccccc3)C(=O)N12. The van der Waals surface area contributed by atoms with Gasteiger partial charge in [0.25, 0.3) is 11.8 Å². The Kier molecular flexibility index (Phi) is 7.91. The fourth-order valence-electron chi connectivity index (χ4n) is 3.53. The first-order valence-electron chi connectivity index (χ1n) is 10.6. The summed E-state index contributed by atoms with van der Waals surface area (Å²) < 4.78 is 11.2. The first kappa shape index (κ1) is 25.7. The number of aryl methyl sites for hydroxylation is 1. The zero-order valence-corrected chi connectivity index (χ0v) is 20.8. The second-order valence-corrected chi connectivity index (χ2v) is 9.77. The number of β-lactam (4-membered cyclic amide) rings is 1. The number of carbonyl (C=O) groups excluding carboxylic acids is 4. The number of fused-ring (bicyclic) bond motifs is 1. The molecule has 0 spiro atoms. The molecule has 3 heterocycles. The van der Waals surface area contributed by atoms with Gasteiger partial charge >= 0.3 is 11.9 Å². The molecule has 13 nitrogen and oxygen atoms in total. The number of aromatic nitrogens is 4. The van der Waals surface area contributed by atoms with Crippen LogP contribution in [0.4, 0.5) is 0 Å². The van der Waals surface area contributed by atoms with Crippen LogP contribution in [0.3, 0.4) is 0 Å². The van der Waals surface area contributed by atoms with Crippen LogP contribution in [0.1, 0.15) is 18.6 Å². The van der Waals surface area contributed by atoms with Crippen molar-refractivity contribution in [2.24, 2.45) is 7.05 Å². The maximum Gasteiger partial charge on any atom is 0.357 e. The van der Waals surface area contributed by atoms with E-state index in [-0.39, 0.29) is 5.70 Å². The highest BCUT2D eigenvalue weighted by Gasteiger charge is 2.54. The first-order valence-corrected chi connectivity index (χ1v) is 12.7. The van der Waals surface area contributed by atoms with Crippen molar-refractivity contribution < 1.29 is 33.8 Å². The predicted octanol–water partition coefficient (Wildman–Crippen LogP) is -0.246. The van der Waals surface area contributed by atoms with Gasteiger partial charge in [-0.3, -0.25) is 19.3 Å². The summed E-state index contributed by atoms with van der Waals surface area (Å²) in [6, 6.07) is 7.40. The van der Waals surface area contributed by atoms with Crippen molar-refractivity contribution in [1.29, 1.82) is 0 Å². The quantitative estimate of drug-likeness (QED) is 0.188. The fraction of sp³-hybridized carbons (Fsp3) is 0.381. The molecule has 0 aliphatic carbocycles. The monoisotopic (exact) mass is 534 g/mol. The van der Waals surface area contributed by atoms with E-state index in [1.54, 1.807) is 37.4 Å². The van der Waals surface area contributed by atoms with E-state index in [0.717, 1.165) is 0 Å². The van der Waals surface area contributed by atoms with Crippen LogP contribution in [-0.4, -0.2) is 83.7 Å². The number of benzene rings is 1. The topological polar surface area (TPSA) is 166 Å². The molecule has 1 fully saturated rings. The highest BCUT2D eigenvalue weighted by molar-refractivity contribution is 8.01. The third kappa shape index (κ3) is 5.37. The summed E-state index contributed by atoms with van der Waals surface area (Å²) in [6.07, 6.45) is -1.45. The minimum atomic E-state index is -1.45. The van der Waals surface area contributed by atoms with Gasteiger partial charge in [-0.05, 0) is 21.6 Å². The smallest absolute Gasteiger partial charge is 0.357 e. The van der Waals surface area contributed by atoms with Crippen LogP contribution in [0, 0.1) is 0 Å². The lowest BCUT2D eigenvalue weighted by molar-refractivity contribution is -0.166. The van der Waals surface area contributed by atoms with Crippen molar-refractivity contribution in [3.05, 3.63) is 47.2 Å². The van der Waals surface area contributed by atoms with Crippen LogP contribution in [0.2, 0.25) is 0 Å². The van der Waals surface area contributed by atoms with E-state index < -0.39 is 48.1 Å². The molecule has 0 radical (unpaired) electrons. The molecular weight excluding hydrogens is 512 g/mol. The molecule has 190 valence electrons. The Morgan fingerprint density at radius 3 is 2.69 bits per heavy atom. The Balaban J connectivity index is 1.50. The summed E-state index contributed by atoms with van der Waals surface area (Å²) in [5.74, 6) is -2.06. The molecule has 1 aromatic heterocycles. The molecule has 2 aliphatic heterocycles. The number of nitrogens with zero attached hydrogens (tertiary/aromatic N) is 5. The van der Waals surface area contributed by atoms with E-state index >= 15 is 0 Å². The Morgan fingerprint density at radius 1 is 1.28 bits per heavy atom. The molecule has 4 rings (SSSR count). The van der Waals surface area contributed by atoms with Gasteiger partial charge in [0.2, 0.25) is 11.9 Å². The third-order valence-corrected chi connectivity index (χ3v) is 7.75. The normalized spacial score (nSPS) is 19.8. The summed E-state index contributed by atoms with van der Waals surface area (Å²) in [5, 5.41) is 24.1. The largest absolute Gasteiger partial charge is 0.428 e. The summed E-state index contributed by atoms with van der Waals surface area (Å²) in [4.78, 5) is 50.9. The van der Waals surface area contributed by atoms with Gasteiger partial charge in [0.15, 0.2) is 6.10 Å². The number of hydrogen-bond donors (Lipinski definition) is 2. The van der Waals surface area contributed by atoms with E-state index in [0.29, 0.717) is 27.8 Å². The van der Waals surface area contributed by atoms with Crippen molar-refractivity contribution in [2.75, 3.05) is 18.3 Å². The maximum atomic E-state index is 13.1. The number of thioether (sulfide) groups is 2. The van der Waals surface area contributed by atoms with Crippen LogP contribution in [0.25, 0.3) is 0 Å². The molecule has 1 aromatic carbocycles. The molecule has 3 atom stereocenters. The van der Waals surface area contributed by atoms with Gasteiger partial charge in [0.05, 0.1) is 0 Å². The van der Waals surface area contributed by atoms with Crippen molar-refractivity contribution in [3.8, 4) is 0 Å². The molecule has 2 aliphatic rings. The Bertz CT molecular complexity index is 1200. The highest BCUT2D eigenvalue weighted by atomic mass is 32.2. The Labute approximate surface area is 213 Å².